The lowest BCUT2D eigenvalue weighted by molar-refractivity contribution is -0.131. The van der Waals surface area contributed by atoms with Gasteiger partial charge >= 0.3 is 5.97 Å². The first-order valence-corrected chi connectivity index (χ1v) is 7.59. The van der Waals surface area contributed by atoms with E-state index >= 15 is 0 Å². The van der Waals surface area contributed by atoms with Gasteiger partial charge in [0.25, 0.3) is 0 Å². The van der Waals surface area contributed by atoms with Gasteiger partial charge in [0.2, 0.25) is 0 Å². The van der Waals surface area contributed by atoms with Crippen LogP contribution in [0.4, 0.5) is 0 Å². The number of carboxylic acid groups (broad SMARTS) is 1. The molecular formula is C19H18N2O3. The molecule has 1 N–H and O–H groups in total. The van der Waals surface area contributed by atoms with Crippen molar-refractivity contribution in [2.45, 2.75) is 13.3 Å². The number of ether oxygens (including phenoxy) is 1. The summed E-state index contributed by atoms with van der Waals surface area (Å²) in [4.78, 5) is 15.6. The van der Waals surface area contributed by atoms with Crippen LogP contribution in [0.3, 0.4) is 0 Å². The molecule has 2 aromatic heterocycles. The van der Waals surface area contributed by atoms with Crippen molar-refractivity contribution < 1.29 is 14.6 Å². The molecule has 122 valence electrons. The summed E-state index contributed by atoms with van der Waals surface area (Å²) < 4.78 is 7.30. The van der Waals surface area contributed by atoms with Crippen LogP contribution < -0.4 is 4.74 Å². The smallest absolute Gasteiger partial charge is 0.328 e. The number of aryl methyl sites for hydroxylation is 1. The highest BCUT2D eigenvalue weighted by Gasteiger charge is 2.13. The molecule has 5 nitrogen and oxygen atoms in total. The molecule has 0 spiro atoms. The monoisotopic (exact) mass is 322 g/mol. The van der Waals surface area contributed by atoms with Crippen molar-refractivity contribution in [3.63, 3.8) is 0 Å². The summed E-state index contributed by atoms with van der Waals surface area (Å²) in [6.45, 7) is 2.00. The number of aromatic nitrogens is 2. The molecule has 0 aliphatic rings. The molecule has 0 fully saturated rings. The number of pyridine rings is 1. The zero-order chi connectivity index (χ0) is 17.1. The summed E-state index contributed by atoms with van der Waals surface area (Å²) in [5, 5.41) is 8.95. The molecule has 0 unspecified atom stereocenters. The molecule has 0 aliphatic carbocycles. The second-order valence-corrected chi connectivity index (χ2v) is 5.54. The Kier molecular flexibility index (Phi) is 4.33. The Morgan fingerprint density at radius 3 is 2.88 bits per heavy atom. The predicted octanol–water partition coefficient (Wildman–Crippen LogP) is 3.34. The van der Waals surface area contributed by atoms with Gasteiger partial charge < -0.3 is 9.84 Å². The van der Waals surface area contributed by atoms with Gasteiger partial charge in [-0.25, -0.2) is 9.78 Å². The standard InChI is InChI=1S/C19H18N2O3/c1-13-9-10-21-16(7-8-19(22)23)15(20-18(21)11-13)12-14-5-3-4-6-17(14)24-2/h3-11H,12H2,1-2H3,(H,22,23)/b8-7+. The number of carbonyl (C=O) groups is 1. The van der Waals surface area contributed by atoms with E-state index in [0.29, 0.717) is 6.42 Å². The van der Waals surface area contributed by atoms with Crippen molar-refractivity contribution in [3.05, 3.63) is 71.2 Å². The summed E-state index contributed by atoms with van der Waals surface area (Å²) in [6.07, 6.45) is 5.19. The highest BCUT2D eigenvalue weighted by atomic mass is 16.5. The van der Waals surface area contributed by atoms with Crippen LogP contribution in [0.15, 0.2) is 48.7 Å². The number of aliphatic carboxylic acids is 1. The van der Waals surface area contributed by atoms with Gasteiger partial charge in [0.05, 0.1) is 18.5 Å². The van der Waals surface area contributed by atoms with Gasteiger partial charge in [-0.1, -0.05) is 18.2 Å². The van der Waals surface area contributed by atoms with Gasteiger partial charge in [-0.15, -0.1) is 0 Å². The molecule has 0 amide bonds. The Labute approximate surface area is 139 Å². The number of nitrogens with zero attached hydrogens (tertiary/aromatic N) is 2. The Morgan fingerprint density at radius 2 is 2.12 bits per heavy atom. The molecule has 0 saturated carbocycles. The fourth-order valence-electron chi connectivity index (χ4n) is 2.70. The fourth-order valence-corrected chi connectivity index (χ4v) is 2.70. The van der Waals surface area contributed by atoms with Gasteiger partial charge in [0, 0.05) is 24.3 Å². The molecule has 3 rings (SSSR count). The van der Waals surface area contributed by atoms with Crippen LogP contribution in [-0.4, -0.2) is 27.6 Å². The Bertz CT molecular complexity index is 926. The molecule has 0 atom stereocenters. The van der Waals surface area contributed by atoms with Crippen LogP contribution in [0.1, 0.15) is 22.5 Å². The Morgan fingerprint density at radius 1 is 1.33 bits per heavy atom. The van der Waals surface area contributed by atoms with Crippen LogP contribution in [0, 0.1) is 6.92 Å². The number of hydrogen-bond donors (Lipinski definition) is 1. The third kappa shape index (κ3) is 3.15. The summed E-state index contributed by atoms with van der Waals surface area (Å²) >= 11 is 0. The van der Waals surface area contributed by atoms with Crippen molar-refractivity contribution in [2.24, 2.45) is 0 Å². The number of para-hydroxylation sites is 1. The average molecular weight is 322 g/mol. The molecule has 3 aromatic rings. The number of fused-ring (bicyclic) bond motifs is 1. The van der Waals surface area contributed by atoms with Crippen LogP contribution in [0.5, 0.6) is 5.75 Å². The van der Waals surface area contributed by atoms with Crippen molar-refractivity contribution in [3.8, 4) is 5.75 Å². The molecule has 2 heterocycles. The summed E-state index contributed by atoms with van der Waals surface area (Å²) in [6, 6.07) is 11.7. The lowest BCUT2D eigenvalue weighted by Gasteiger charge is -2.07. The maximum Gasteiger partial charge on any atom is 0.328 e. The van der Waals surface area contributed by atoms with Gasteiger partial charge in [-0.2, -0.15) is 0 Å². The van der Waals surface area contributed by atoms with E-state index in [9.17, 15) is 4.79 Å². The van der Waals surface area contributed by atoms with E-state index in [0.717, 1.165) is 40.0 Å². The zero-order valence-electron chi connectivity index (χ0n) is 13.6. The molecule has 1 aromatic carbocycles. The Balaban J connectivity index is 2.12. The molecule has 0 aliphatic heterocycles. The normalized spacial score (nSPS) is 11.2. The number of imidazole rings is 1. The van der Waals surface area contributed by atoms with Crippen molar-refractivity contribution in [1.29, 1.82) is 0 Å². The molecule has 24 heavy (non-hydrogen) atoms. The minimum absolute atomic E-state index is 0.560. The average Bonchev–Trinajstić information content (AvgIpc) is 2.89. The lowest BCUT2D eigenvalue weighted by atomic mass is 10.1. The Hall–Kier alpha value is -3.08. The minimum Gasteiger partial charge on any atom is -0.496 e. The van der Waals surface area contributed by atoms with E-state index in [1.54, 1.807) is 13.2 Å². The van der Waals surface area contributed by atoms with Gasteiger partial charge in [-0.3, -0.25) is 4.40 Å². The van der Waals surface area contributed by atoms with Crippen molar-refractivity contribution in [2.75, 3.05) is 7.11 Å². The topological polar surface area (TPSA) is 63.8 Å². The van der Waals surface area contributed by atoms with E-state index in [1.165, 1.54) is 0 Å². The SMILES string of the molecule is COc1ccccc1Cc1nc2cc(C)ccn2c1/C=C/C(=O)O. The number of benzene rings is 1. The van der Waals surface area contributed by atoms with Crippen LogP contribution >= 0.6 is 0 Å². The molecule has 0 saturated heterocycles. The summed E-state index contributed by atoms with van der Waals surface area (Å²) in [5.74, 6) is -0.195. The number of methoxy groups -OCH3 is 1. The third-order valence-electron chi connectivity index (χ3n) is 3.83. The first kappa shape index (κ1) is 15.8. The summed E-state index contributed by atoms with van der Waals surface area (Å²) in [7, 11) is 1.64. The number of carboxylic acids is 1. The van der Waals surface area contributed by atoms with Crippen LogP contribution in [0.2, 0.25) is 0 Å². The minimum atomic E-state index is -0.986. The first-order valence-electron chi connectivity index (χ1n) is 7.59. The maximum atomic E-state index is 10.9. The predicted molar refractivity (Wildman–Crippen MR) is 92.4 cm³/mol. The molecular weight excluding hydrogens is 304 g/mol. The van der Waals surface area contributed by atoms with Crippen molar-refractivity contribution >= 4 is 17.7 Å². The van der Waals surface area contributed by atoms with Gasteiger partial charge in [0.1, 0.15) is 11.4 Å². The van der Waals surface area contributed by atoms with Crippen molar-refractivity contribution in [1.82, 2.24) is 9.38 Å². The number of hydrogen-bond acceptors (Lipinski definition) is 3. The van der Waals surface area contributed by atoms with Crippen LogP contribution in [0.25, 0.3) is 11.7 Å². The zero-order valence-corrected chi connectivity index (χ0v) is 13.6. The lowest BCUT2D eigenvalue weighted by Crippen LogP contribution is -1.97. The molecule has 5 heteroatoms. The third-order valence-corrected chi connectivity index (χ3v) is 3.83. The van der Waals surface area contributed by atoms with Crippen LogP contribution in [-0.2, 0) is 11.2 Å². The highest BCUT2D eigenvalue weighted by molar-refractivity contribution is 5.85. The molecule has 0 radical (unpaired) electrons. The van der Waals surface area contributed by atoms with E-state index in [1.807, 2.05) is 53.9 Å². The summed E-state index contributed by atoms with van der Waals surface area (Å²) in [5.41, 5.74) is 4.47. The largest absolute Gasteiger partial charge is 0.496 e. The molecule has 0 bridgehead atoms. The second kappa shape index (κ2) is 6.58. The van der Waals surface area contributed by atoms with E-state index in [4.69, 9.17) is 9.84 Å². The van der Waals surface area contributed by atoms with Gasteiger partial charge in [-0.05, 0) is 36.8 Å². The maximum absolute atomic E-state index is 10.9. The van der Waals surface area contributed by atoms with Gasteiger partial charge in [0.15, 0.2) is 0 Å². The highest BCUT2D eigenvalue weighted by Crippen LogP contribution is 2.24. The fraction of sp³-hybridized carbons (Fsp3) is 0.158. The van der Waals surface area contributed by atoms with E-state index in [-0.39, 0.29) is 0 Å². The quantitative estimate of drug-likeness (QED) is 0.732. The second-order valence-electron chi connectivity index (χ2n) is 5.54. The van der Waals surface area contributed by atoms with E-state index in [2.05, 4.69) is 4.98 Å². The number of rotatable bonds is 5. The first-order chi connectivity index (χ1) is 11.6. The van der Waals surface area contributed by atoms with E-state index < -0.39 is 5.97 Å².